The topological polar surface area (TPSA) is 70.8 Å². The van der Waals surface area contributed by atoms with E-state index in [1.165, 1.54) is 12.1 Å². The molecule has 152 valence electrons. The molecule has 28 heavy (non-hydrogen) atoms. The average Bonchev–Trinajstić information content (AvgIpc) is 3.25. The SMILES string of the molecule is CN(C)CCCN(C(=O)c1ccc(-c2ccccc2F)o1)C1CCS(=O)(=O)C1. The summed E-state index contributed by atoms with van der Waals surface area (Å²) >= 11 is 0. The second-order valence-corrected chi connectivity index (χ2v) is 9.58. The van der Waals surface area contributed by atoms with Crippen molar-refractivity contribution in [3.63, 3.8) is 0 Å². The highest BCUT2D eigenvalue weighted by Crippen LogP contribution is 2.27. The number of furan rings is 1. The first-order valence-electron chi connectivity index (χ1n) is 9.28. The summed E-state index contributed by atoms with van der Waals surface area (Å²) in [6, 6.07) is 8.92. The zero-order valence-corrected chi connectivity index (χ0v) is 16.9. The molecule has 1 aromatic heterocycles. The normalized spacial score (nSPS) is 18.5. The molecule has 0 radical (unpaired) electrons. The number of carbonyl (C=O) groups excluding carboxylic acids is 1. The van der Waals surface area contributed by atoms with Gasteiger partial charge in [0.25, 0.3) is 5.91 Å². The van der Waals surface area contributed by atoms with Crippen molar-refractivity contribution in [3.8, 4) is 11.3 Å². The van der Waals surface area contributed by atoms with Gasteiger partial charge >= 0.3 is 0 Å². The molecule has 2 heterocycles. The molecule has 0 spiro atoms. The van der Waals surface area contributed by atoms with Crippen LogP contribution in [0.5, 0.6) is 0 Å². The Kier molecular flexibility index (Phi) is 6.20. The monoisotopic (exact) mass is 408 g/mol. The number of rotatable bonds is 7. The van der Waals surface area contributed by atoms with E-state index in [0.717, 1.165) is 13.0 Å². The third kappa shape index (κ3) is 4.80. The zero-order chi connectivity index (χ0) is 20.3. The first-order valence-corrected chi connectivity index (χ1v) is 11.1. The molecule has 1 fully saturated rings. The summed E-state index contributed by atoms with van der Waals surface area (Å²) in [6.45, 7) is 1.22. The van der Waals surface area contributed by atoms with Crippen molar-refractivity contribution >= 4 is 15.7 Å². The van der Waals surface area contributed by atoms with Crippen molar-refractivity contribution in [1.29, 1.82) is 0 Å². The molecule has 1 amide bonds. The predicted molar refractivity (Wildman–Crippen MR) is 105 cm³/mol. The van der Waals surface area contributed by atoms with Crippen LogP contribution in [0.15, 0.2) is 40.8 Å². The van der Waals surface area contributed by atoms with Gasteiger partial charge in [-0.1, -0.05) is 12.1 Å². The molecule has 0 N–H and O–H groups in total. The second-order valence-electron chi connectivity index (χ2n) is 7.36. The molecule has 0 bridgehead atoms. The highest BCUT2D eigenvalue weighted by atomic mass is 32.2. The Morgan fingerprint density at radius 3 is 2.57 bits per heavy atom. The first-order chi connectivity index (χ1) is 13.3. The lowest BCUT2D eigenvalue weighted by molar-refractivity contribution is 0.0658. The summed E-state index contributed by atoms with van der Waals surface area (Å²) in [4.78, 5) is 16.7. The minimum Gasteiger partial charge on any atom is -0.451 e. The van der Waals surface area contributed by atoms with Crippen LogP contribution >= 0.6 is 0 Å². The number of hydrogen-bond donors (Lipinski definition) is 0. The molecule has 3 rings (SSSR count). The van der Waals surface area contributed by atoms with Crippen LogP contribution < -0.4 is 0 Å². The molecule has 2 aromatic rings. The summed E-state index contributed by atoms with van der Waals surface area (Å²) in [7, 11) is 0.762. The Balaban J connectivity index is 1.81. The predicted octanol–water partition coefficient (Wildman–Crippen LogP) is 2.67. The average molecular weight is 408 g/mol. The standard InChI is InChI=1S/C20H25FN2O4S/c1-22(2)11-5-12-23(15-10-13-28(25,26)14-15)20(24)19-9-8-18(27-19)16-6-3-4-7-17(16)21/h3-4,6-9,15H,5,10-14H2,1-2H3. The second kappa shape index (κ2) is 8.45. The van der Waals surface area contributed by atoms with Gasteiger partial charge in [-0.15, -0.1) is 0 Å². The maximum Gasteiger partial charge on any atom is 0.289 e. The van der Waals surface area contributed by atoms with Crippen molar-refractivity contribution in [2.45, 2.75) is 18.9 Å². The van der Waals surface area contributed by atoms with Gasteiger partial charge in [0.2, 0.25) is 0 Å². The number of benzene rings is 1. The lowest BCUT2D eigenvalue weighted by Crippen LogP contribution is -2.42. The number of nitrogens with zero attached hydrogens (tertiary/aromatic N) is 2. The molecule has 8 heteroatoms. The van der Waals surface area contributed by atoms with Crippen molar-refractivity contribution in [3.05, 3.63) is 48.0 Å². The Labute approximate surface area is 164 Å². The zero-order valence-electron chi connectivity index (χ0n) is 16.1. The van der Waals surface area contributed by atoms with Gasteiger partial charge in [-0.25, -0.2) is 12.8 Å². The fourth-order valence-corrected chi connectivity index (χ4v) is 5.16. The summed E-state index contributed by atoms with van der Waals surface area (Å²) in [5.74, 6) is -0.361. The molecule has 0 saturated carbocycles. The summed E-state index contributed by atoms with van der Waals surface area (Å²) in [5, 5.41) is 0. The summed E-state index contributed by atoms with van der Waals surface area (Å²) in [6.07, 6.45) is 1.15. The van der Waals surface area contributed by atoms with Crippen molar-refractivity contribution in [1.82, 2.24) is 9.80 Å². The molecule has 1 aromatic carbocycles. The molecule has 1 aliphatic heterocycles. The van der Waals surface area contributed by atoms with Gasteiger partial charge in [0.1, 0.15) is 11.6 Å². The van der Waals surface area contributed by atoms with E-state index in [1.807, 2.05) is 19.0 Å². The highest BCUT2D eigenvalue weighted by Gasteiger charge is 2.35. The Morgan fingerprint density at radius 2 is 1.93 bits per heavy atom. The number of amides is 1. The van der Waals surface area contributed by atoms with E-state index in [-0.39, 0.29) is 40.5 Å². The van der Waals surface area contributed by atoms with Crippen LogP contribution in [0.1, 0.15) is 23.4 Å². The van der Waals surface area contributed by atoms with Crippen molar-refractivity contribution in [2.75, 3.05) is 38.7 Å². The number of halogens is 1. The van der Waals surface area contributed by atoms with Crippen molar-refractivity contribution in [2.24, 2.45) is 0 Å². The lowest BCUT2D eigenvalue weighted by Gasteiger charge is -2.28. The maximum absolute atomic E-state index is 14.0. The molecule has 0 aliphatic carbocycles. The molecule has 1 unspecified atom stereocenters. The Bertz CT molecular complexity index is 939. The van der Waals surface area contributed by atoms with Gasteiger partial charge in [-0.2, -0.15) is 0 Å². The minimum atomic E-state index is -3.13. The van der Waals surface area contributed by atoms with Crippen molar-refractivity contribution < 1.29 is 22.0 Å². The minimum absolute atomic E-state index is 0.0262. The van der Waals surface area contributed by atoms with Crippen LogP contribution in [-0.4, -0.2) is 68.9 Å². The third-order valence-electron chi connectivity index (χ3n) is 4.87. The summed E-state index contributed by atoms with van der Waals surface area (Å²) < 4.78 is 43.4. The smallest absolute Gasteiger partial charge is 0.289 e. The van der Waals surface area contributed by atoms with E-state index in [0.29, 0.717) is 13.0 Å². The highest BCUT2D eigenvalue weighted by molar-refractivity contribution is 7.91. The third-order valence-corrected chi connectivity index (χ3v) is 6.62. The Morgan fingerprint density at radius 1 is 1.18 bits per heavy atom. The van der Waals surface area contributed by atoms with Gasteiger partial charge in [0.15, 0.2) is 15.6 Å². The fourth-order valence-electron chi connectivity index (χ4n) is 3.43. The largest absolute Gasteiger partial charge is 0.451 e. The lowest BCUT2D eigenvalue weighted by atomic mass is 10.1. The molecular weight excluding hydrogens is 383 g/mol. The van der Waals surface area contributed by atoms with E-state index in [1.54, 1.807) is 29.2 Å². The maximum atomic E-state index is 14.0. The molecule has 1 aliphatic rings. The van der Waals surface area contributed by atoms with Crippen LogP contribution in [-0.2, 0) is 9.84 Å². The Hall–Kier alpha value is -2.19. The van der Waals surface area contributed by atoms with Gasteiger partial charge in [-0.3, -0.25) is 4.79 Å². The van der Waals surface area contributed by atoms with E-state index in [9.17, 15) is 17.6 Å². The van der Waals surface area contributed by atoms with E-state index in [2.05, 4.69) is 0 Å². The van der Waals surface area contributed by atoms with E-state index >= 15 is 0 Å². The van der Waals surface area contributed by atoms with Gasteiger partial charge in [0.05, 0.1) is 17.1 Å². The van der Waals surface area contributed by atoms with Gasteiger partial charge in [-0.05, 0) is 57.7 Å². The summed E-state index contributed by atoms with van der Waals surface area (Å²) in [5.41, 5.74) is 0.282. The number of carbonyl (C=O) groups is 1. The molecule has 1 saturated heterocycles. The quantitative estimate of drug-likeness (QED) is 0.704. The van der Waals surface area contributed by atoms with Crippen LogP contribution in [0.25, 0.3) is 11.3 Å². The van der Waals surface area contributed by atoms with Gasteiger partial charge in [0, 0.05) is 12.6 Å². The van der Waals surface area contributed by atoms with Crippen LogP contribution in [0.2, 0.25) is 0 Å². The molecule has 6 nitrogen and oxygen atoms in total. The van der Waals surface area contributed by atoms with Crippen LogP contribution in [0.3, 0.4) is 0 Å². The van der Waals surface area contributed by atoms with E-state index < -0.39 is 15.7 Å². The van der Waals surface area contributed by atoms with Crippen LogP contribution in [0.4, 0.5) is 4.39 Å². The molecular formula is C20H25FN2O4S. The molecule has 1 atom stereocenters. The number of sulfone groups is 1. The van der Waals surface area contributed by atoms with E-state index in [4.69, 9.17) is 4.42 Å². The number of hydrogen-bond acceptors (Lipinski definition) is 5. The van der Waals surface area contributed by atoms with Crippen LogP contribution in [0, 0.1) is 5.82 Å². The fraction of sp³-hybridized carbons (Fsp3) is 0.450. The van der Waals surface area contributed by atoms with Gasteiger partial charge < -0.3 is 14.2 Å². The first kappa shape index (κ1) is 20.5.